The molecule has 9 heterocycles. The number of halogens is 1. The number of rotatable bonds is 6. The van der Waals surface area contributed by atoms with Crippen LogP contribution in [-0.2, 0) is 50.4 Å². The SMILES string of the molecule is CC(C)(C)OC(=O)N1CC=C(B2OC(C)(C)C(C)(C)O2)CC1.CC(C)(C)OC(=O)N1CC=C(c2cccc3cnccc23)CC1.CC(C)(C)OC(=O)N1CCC(c2cccc3cnccc23)CC1.Cl.[2H]CC.[CH3-].[Pd].c1cc(C2CCNCC2)c2ccncc2c1.c1ccc(Cc2cccc3cnccc23)cc1. The van der Waals surface area contributed by atoms with E-state index >= 15 is 0 Å². The zero-order chi connectivity index (χ0) is 74.7. The maximum Gasteiger partial charge on any atom is 0.490 e. The van der Waals surface area contributed by atoms with E-state index in [0.717, 1.165) is 69.1 Å². The molecule has 19 heteroatoms. The molecule has 14 rings (SSSR count). The van der Waals surface area contributed by atoms with Gasteiger partial charge in [-0.2, -0.15) is 0 Å². The first-order chi connectivity index (χ1) is 49.6. The third-order valence-corrected chi connectivity index (χ3v) is 19.1. The van der Waals surface area contributed by atoms with E-state index in [2.05, 4.69) is 153 Å². The Morgan fingerprint density at radius 2 is 0.925 bits per heavy atom. The molecule has 106 heavy (non-hydrogen) atoms. The number of benzene rings is 5. The first-order valence-corrected chi connectivity index (χ1v) is 36.6. The summed E-state index contributed by atoms with van der Waals surface area (Å²) in [5.41, 5.74) is 7.17. The Hall–Kier alpha value is -8.07. The number of pyridine rings is 4. The Labute approximate surface area is 652 Å². The molecule has 9 aromatic rings. The van der Waals surface area contributed by atoms with Gasteiger partial charge in [0, 0.05) is 132 Å². The normalized spacial score (nSPS) is 16.5. The van der Waals surface area contributed by atoms with E-state index in [1.54, 1.807) is 16.7 Å². The van der Waals surface area contributed by atoms with Crippen molar-refractivity contribution in [3.05, 3.63) is 230 Å². The largest absolute Gasteiger partial charge is 0.490 e. The van der Waals surface area contributed by atoms with Crippen LogP contribution in [0.4, 0.5) is 14.4 Å². The van der Waals surface area contributed by atoms with Crippen molar-refractivity contribution in [2.45, 2.75) is 189 Å². The number of nitrogens with zero attached hydrogens (tertiary/aromatic N) is 7. The third kappa shape index (κ3) is 24.5. The van der Waals surface area contributed by atoms with Gasteiger partial charge in [0.2, 0.25) is 0 Å². The second-order valence-corrected chi connectivity index (χ2v) is 30.7. The summed E-state index contributed by atoms with van der Waals surface area (Å²) in [7, 11) is -0.314. The summed E-state index contributed by atoms with van der Waals surface area (Å²) in [6.45, 7) is 33.7. The van der Waals surface area contributed by atoms with E-state index in [1.807, 2.05) is 157 Å². The Kier molecular flexibility index (Phi) is 31.9. The van der Waals surface area contributed by atoms with Crippen LogP contribution in [0.2, 0.25) is 0 Å². The van der Waals surface area contributed by atoms with Crippen LogP contribution in [0.3, 0.4) is 0 Å². The van der Waals surface area contributed by atoms with E-state index in [9.17, 15) is 14.4 Å². The van der Waals surface area contributed by atoms with Gasteiger partial charge in [0.15, 0.2) is 0 Å². The Balaban J connectivity index is 0.000000207. The van der Waals surface area contributed by atoms with Crippen molar-refractivity contribution >= 4 is 86.5 Å². The molecular formula is C87H113BClN8O8Pd-. The molecule has 0 spiro atoms. The average Bonchev–Trinajstić information content (AvgIpc) is 1.37. The summed E-state index contributed by atoms with van der Waals surface area (Å²) in [4.78, 5) is 58.4. The number of hydrogen-bond donors (Lipinski definition) is 1. The van der Waals surface area contributed by atoms with Crippen LogP contribution < -0.4 is 5.32 Å². The summed E-state index contributed by atoms with van der Waals surface area (Å²) in [6.07, 6.45) is 25.5. The number of hydrogen-bond acceptors (Lipinski definition) is 13. The van der Waals surface area contributed by atoms with Gasteiger partial charge in [-0.25, -0.2) is 14.4 Å². The number of piperidine rings is 2. The molecule has 0 aliphatic carbocycles. The van der Waals surface area contributed by atoms with Crippen molar-refractivity contribution in [3.8, 4) is 0 Å². The first kappa shape index (κ1) is 85.2. The predicted molar refractivity (Wildman–Crippen MR) is 433 cm³/mol. The molecule has 3 amide bonds. The molecule has 570 valence electrons. The second-order valence-electron chi connectivity index (χ2n) is 30.7. The van der Waals surface area contributed by atoms with Gasteiger partial charge in [0.1, 0.15) is 16.8 Å². The Morgan fingerprint density at radius 3 is 1.38 bits per heavy atom. The molecule has 0 atom stereocenters. The van der Waals surface area contributed by atoms with E-state index in [4.69, 9.17) is 24.9 Å². The fourth-order valence-corrected chi connectivity index (χ4v) is 13.2. The van der Waals surface area contributed by atoms with Crippen molar-refractivity contribution in [3.63, 3.8) is 0 Å². The molecule has 0 saturated carbocycles. The van der Waals surface area contributed by atoms with Crippen molar-refractivity contribution < 1.29 is 59.7 Å². The minimum atomic E-state index is -0.465. The summed E-state index contributed by atoms with van der Waals surface area (Å²) in [5, 5.41) is 13.4. The van der Waals surface area contributed by atoms with Gasteiger partial charge in [-0.3, -0.25) is 19.9 Å². The number of likely N-dealkylation sites (tertiary alicyclic amines) is 1. The minimum absolute atomic E-state index is 0. The molecule has 5 aliphatic heterocycles. The van der Waals surface area contributed by atoms with Crippen LogP contribution in [0.1, 0.15) is 183 Å². The molecule has 3 fully saturated rings. The number of fused-ring (bicyclic) bond motifs is 4. The summed E-state index contributed by atoms with van der Waals surface area (Å²) in [5.74, 6) is 1.20. The zero-order valence-electron chi connectivity index (χ0n) is 66.1. The first-order valence-electron chi connectivity index (χ1n) is 37.3. The number of aromatic nitrogens is 4. The van der Waals surface area contributed by atoms with Gasteiger partial charge in [0.25, 0.3) is 0 Å². The molecule has 0 bridgehead atoms. The third-order valence-electron chi connectivity index (χ3n) is 19.1. The second kappa shape index (κ2) is 39.7. The molecule has 0 radical (unpaired) electrons. The minimum Gasteiger partial charge on any atom is -0.444 e. The zero-order valence-corrected chi connectivity index (χ0v) is 67.4. The van der Waals surface area contributed by atoms with Gasteiger partial charge in [-0.1, -0.05) is 129 Å². The average molecular weight is 1550 g/mol. The number of carbonyl (C=O) groups is 3. The molecule has 5 aliphatic rings. The number of amides is 3. The standard InChI is InChI=1S/C19H24N2O2.C19H22N2O2.C16H28BNO4.C16H13N.C14H16N2.C2H6.CH3.ClH.Pd/c2*1-19(2,3)23-18(22)21-11-8-14(9-12-21)16-6-4-5-15-13-20-10-7-17(15)16;1-14(2,3)20-13(19)18-10-8-12(9-11-18)17-21-15(4,5)16(6,7)22-17;1-2-5-13(6-3-1)11-14-7-4-8-15-12-17-10-9-16(14)15;1-2-12-10-16-9-6-14(12)13(3-1)11-4-7-15-8-5-11;1-2;;;/h4-7,10,13-14H,8-9,11-12H2,1-3H3;4-8,10,13H,9,11-12H2,1-3H3;8H,9-11H2,1-7H3;1-10,12H,11H2;1-3,6,9-11,15H,4-5,7-8H2;1-2H3;1H3;1H;/q;;;;;;-1;;/i;;;;;1D;;;. The van der Waals surface area contributed by atoms with Crippen molar-refractivity contribution in [2.75, 3.05) is 52.4 Å². The quantitative estimate of drug-likeness (QED) is 0.0948. The molecular weight excluding hydrogens is 1440 g/mol. The fraction of sp³-hybridized carbons (Fsp3) is 0.425. The van der Waals surface area contributed by atoms with Crippen LogP contribution >= 0.6 is 12.4 Å². The number of carbonyl (C=O) groups excluding carboxylic acids is 3. The fourth-order valence-electron chi connectivity index (χ4n) is 13.2. The van der Waals surface area contributed by atoms with Gasteiger partial charge >= 0.3 is 25.4 Å². The van der Waals surface area contributed by atoms with E-state index in [1.165, 1.54) is 83.9 Å². The van der Waals surface area contributed by atoms with Gasteiger partial charge in [0.05, 0.1) is 11.2 Å². The maximum absolute atomic E-state index is 12.2. The predicted octanol–water partition coefficient (Wildman–Crippen LogP) is 20.2. The van der Waals surface area contributed by atoms with Crippen LogP contribution in [0.5, 0.6) is 0 Å². The van der Waals surface area contributed by atoms with Crippen LogP contribution in [0.15, 0.2) is 195 Å². The van der Waals surface area contributed by atoms with Crippen LogP contribution in [-0.4, -0.2) is 140 Å². The molecule has 5 aromatic carbocycles. The Morgan fingerprint density at radius 1 is 0.519 bits per heavy atom. The van der Waals surface area contributed by atoms with E-state index in [0.29, 0.717) is 44.9 Å². The summed E-state index contributed by atoms with van der Waals surface area (Å²) in [6, 6.07) is 44.6. The summed E-state index contributed by atoms with van der Waals surface area (Å²) >= 11 is 0. The number of ether oxygens (including phenoxy) is 3. The summed E-state index contributed by atoms with van der Waals surface area (Å²) < 4.78 is 34.6. The van der Waals surface area contributed by atoms with Crippen molar-refractivity contribution in [1.29, 1.82) is 0 Å². The molecule has 1 N–H and O–H groups in total. The van der Waals surface area contributed by atoms with Crippen LogP contribution in [0, 0.1) is 7.43 Å². The maximum atomic E-state index is 12.2. The van der Waals surface area contributed by atoms with E-state index < -0.39 is 16.8 Å². The van der Waals surface area contributed by atoms with Gasteiger partial charge in [-0.15, -0.1) is 12.4 Å². The van der Waals surface area contributed by atoms with Crippen molar-refractivity contribution in [2.24, 2.45) is 0 Å². The smallest absolute Gasteiger partial charge is 0.444 e. The van der Waals surface area contributed by atoms with Crippen LogP contribution in [0.25, 0.3) is 48.7 Å². The Bertz CT molecular complexity index is 4340. The van der Waals surface area contributed by atoms with Crippen molar-refractivity contribution in [1.82, 2.24) is 40.0 Å². The molecule has 3 saturated heterocycles. The van der Waals surface area contributed by atoms with E-state index in [-0.39, 0.29) is 76.9 Å². The monoisotopic (exact) mass is 1550 g/mol. The van der Waals surface area contributed by atoms with Gasteiger partial charge < -0.3 is 51.0 Å². The molecule has 4 aromatic heterocycles. The molecule has 0 unspecified atom stereocenters. The topological polar surface area (TPSA) is 171 Å². The van der Waals surface area contributed by atoms with Gasteiger partial charge in [-0.05, 0) is 245 Å². The number of nitrogens with one attached hydrogen (secondary N) is 1. The molecule has 16 nitrogen and oxygen atoms in total.